The molecule has 116 valence electrons. The standard InChI is InChI=1S/C14H19NO5S/c1-21(19,20)9-3-6-13(16)15-8-7-11-4-2-5-12(10-11)14(17)18/h2,4-5,10H,3,6-9H2,1H3,(H,15,16)(H,17,18). The number of carboxylic acid groups (broad SMARTS) is 1. The summed E-state index contributed by atoms with van der Waals surface area (Å²) in [6.45, 7) is 0.390. The number of carbonyl (C=O) groups excluding carboxylic acids is 1. The van der Waals surface area contributed by atoms with Gasteiger partial charge in [0.05, 0.1) is 11.3 Å². The van der Waals surface area contributed by atoms with E-state index in [1.165, 1.54) is 6.07 Å². The first-order valence-electron chi connectivity index (χ1n) is 6.54. The van der Waals surface area contributed by atoms with E-state index in [2.05, 4.69) is 5.32 Å². The maximum absolute atomic E-state index is 11.5. The molecule has 1 aromatic rings. The Labute approximate surface area is 124 Å². The summed E-state index contributed by atoms with van der Waals surface area (Å²) in [6.07, 6.45) is 2.14. The van der Waals surface area contributed by atoms with Crippen LogP contribution in [0.5, 0.6) is 0 Å². The van der Waals surface area contributed by atoms with Crippen molar-refractivity contribution in [2.75, 3.05) is 18.6 Å². The van der Waals surface area contributed by atoms with Crippen molar-refractivity contribution in [3.8, 4) is 0 Å². The minimum absolute atomic E-state index is 0.00107. The number of benzene rings is 1. The maximum Gasteiger partial charge on any atom is 0.335 e. The van der Waals surface area contributed by atoms with Crippen molar-refractivity contribution in [3.05, 3.63) is 35.4 Å². The van der Waals surface area contributed by atoms with Crippen molar-refractivity contribution in [1.29, 1.82) is 0 Å². The molecule has 2 N–H and O–H groups in total. The lowest BCUT2D eigenvalue weighted by molar-refractivity contribution is -0.121. The molecule has 0 aliphatic heterocycles. The van der Waals surface area contributed by atoms with Gasteiger partial charge in [0.1, 0.15) is 9.84 Å². The molecular weight excluding hydrogens is 294 g/mol. The number of nitrogens with one attached hydrogen (secondary N) is 1. The summed E-state index contributed by atoms with van der Waals surface area (Å²) < 4.78 is 21.8. The van der Waals surface area contributed by atoms with E-state index in [0.29, 0.717) is 19.4 Å². The highest BCUT2D eigenvalue weighted by Crippen LogP contribution is 2.05. The average Bonchev–Trinajstić information content (AvgIpc) is 2.37. The highest BCUT2D eigenvalue weighted by Gasteiger charge is 2.06. The lowest BCUT2D eigenvalue weighted by Crippen LogP contribution is -2.26. The van der Waals surface area contributed by atoms with Gasteiger partial charge in [0.2, 0.25) is 5.91 Å². The van der Waals surface area contributed by atoms with Crippen LogP contribution in [0.2, 0.25) is 0 Å². The molecule has 0 fully saturated rings. The molecule has 0 atom stereocenters. The highest BCUT2D eigenvalue weighted by atomic mass is 32.2. The van der Waals surface area contributed by atoms with Crippen LogP contribution in [-0.4, -0.2) is 44.0 Å². The first kappa shape index (κ1) is 17.2. The third kappa shape index (κ3) is 7.45. The summed E-state index contributed by atoms with van der Waals surface area (Å²) in [5, 5.41) is 11.6. The van der Waals surface area contributed by atoms with E-state index < -0.39 is 15.8 Å². The Morgan fingerprint density at radius 3 is 2.62 bits per heavy atom. The van der Waals surface area contributed by atoms with E-state index in [1.807, 2.05) is 0 Å². The van der Waals surface area contributed by atoms with Crippen molar-refractivity contribution in [1.82, 2.24) is 5.32 Å². The van der Waals surface area contributed by atoms with Crippen molar-refractivity contribution in [2.45, 2.75) is 19.3 Å². The van der Waals surface area contributed by atoms with Crippen molar-refractivity contribution in [3.63, 3.8) is 0 Å². The fourth-order valence-electron chi connectivity index (χ4n) is 1.79. The number of sulfone groups is 1. The van der Waals surface area contributed by atoms with Gasteiger partial charge in [-0.1, -0.05) is 12.1 Å². The molecule has 1 aromatic carbocycles. The first-order chi connectivity index (χ1) is 9.78. The molecule has 0 radical (unpaired) electrons. The largest absolute Gasteiger partial charge is 0.478 e. The summed E-state index contributed by atoms with van der Waals surface area (Å²) >= 11 is 0. The fraction of sp³-hybridized carbons (Fsp3) is 0.429. The topological polar surface area (TPSA) is 101 Å². The van der Waals surface area contributed by atoms with Gasteiger partial charge in [-0.15, -0.1) is 0 Å². The summed E-state index contributed by atoms with van der Waals surface area (Å²) in [4.78, 5) is 22.3. The maximum atomic E-state index is 11.5. The fourth-order valence-corrected chi connectivity index (χ4v) is 2.46. The summed E-state index contributed by atoms with van der Waals surface area (Å²) in [5.74, 6) is -1.18. The van der Waals surface area contributed by atoms with E-state index in [4.69, 9.17) is 5.11 Å². The Balaban J connectivity index is 2.31. The van der Waals surface area contributed by atoms with Gasteiger partial charge in [-0.25, -0.2) is 13.2 Å². The van der Waals surface area contributed by atoms with Crippen LogP contribution < -0.4 is 5.32 Å². The second-order valence-corrected chi connectivity index (χ2v) is 7.10. The molecule has 0 heterocycles. The number of aromatic carboxylic acids is 1. The number of rotatable bonds is 8. The molecule has 0 aliphatic carbocycles. The van der Waals surface area contributed by atoms with Crippen molar-refractivity contribution < 1.29 is 23.1 Å². The van der Waals surface area contributed by atoms with Crippen LogP contribution in [0.3, 0.4) is 0 Å². The van der Waals surface area contributed by atoms with Gasteiger partial charge in [0, 0.05) is 19.2 Å². The summed E-state index contributed by atoms with van der Waals surface area (Å²) in [7, 11) is -3.03. The van der Waals surface area contributed by atoms with Gasteiger partial charge < -0.3 is 10.4 Å². The van der Waals surface area contributed by atoms with Crippen molar-refractivity contribution in [2.24, 2.45) is 0 Å². The number of amides is 1. The molecule has 0 unspecified atom stereocenters. The predicted octanol–water partition coefficient (Wildman–Crippen LogP) is 0.868. The summed E-state index contributed by atoms with van der Waals surface area (Å²) in [5.41, 5.74) is 1.04. The van der Waals surface area contributed by atoms with Gasteiger partial charge in [-0.05, 0) is 30.5 Å². The number of hydrogen-bond donors (Lipinski definition) is 2. The van der Waals surface area contributed by atoms with E-state index in [9.17, 15) is 18.0 Å². The first-order valence-corrected chi connectivity index (χ1v) is 8.60. The van der Waals surface area contributed by atoms with Gasteiger partial charge in [0.15, 0.2) is 0 Å². The average molecular weight is 313 g/mol. The minimum Gasteiger partial charge on any atom is -0.478 e. The van der Waals surface area contributed by atoms with E-state index in [0.717, 1.165) is 11.8 Å². The third-order valence-corrected chi connectivity index (χ3v) is 3.86. The Morgan fingerprint density at radius 1 is 1.29 bits per heavy atom. The molecular formula is C14H19NO5S. The van der Waals surface area contributed by atoms with Crippen LogP contribution >= 0.6 is 0 Å². The molecule has 0 saturated carbocycles. The smallest absolute Gasteiger partial charge is 0.335 e. The van der Waals surface area contributed by atoms with Gasteiger partial charge in [0.25, 0.3) is 0 Å². The van der Waals surface area contributed by atoms with Crippen LogP contribution in [0, 0.1) is 0 Å². The zero-order valence-electron chi connectivity index (χ0n) is 11.8. The van der Waals surface area contributed by atoms with Crippen LogP contribution in [0.4, 0.5) is 0 Å². The van der Waals surface area contributed by atoms with E-state index in [1.54, 1.807) is 18.2 Å². The van der Waals surface area contributed by atoms with E-state index in [-0.39, 0.29) is 23.6 Å². The number of carbonyl (C=O) groups is 2. The second kappa shape index (κ2) is 7.78. The zero-order valence-corrected chi connectivity index (χ0v) is 12.6. The van der Waals surface area contributed by atoms with Gasteiger partial charge in [-0.2, -0.15) is 0 Å². The lowest BCUT2D eigenvalue weighted by Gasteiger charge is -2.06. The van der Waals surface area contributed by atoms with Crippen LogP contribution in [-0.2, 0) is 21.1 Å². The highest BCUT2D eigenvalue weighted by molar-refractivity contribution is 7.90. The molecule has 0 bridgehead atoms. The quantitative estimate of drug-likeness (QED) is 0.741. The number of hydrogen-bond acceptors (Lipinski definition) is 4. The van der Waals surface area contributed by atoms with Gasteiger partial charge in [-0.3, -0.25) is 4.79 Å². The van der Waals surface area contributed by atoms with Crippen LogP contribution in [0.25, 0.3) is 0 Å². The molecule has 6 nitrogen and oxygen atoms in total. The van der Waals surface area contributed by atoms with Crippen LogP contribution in [0.1, 0.15) is 28.8 Å². The minimum atomic E-state index is -3.03. The van der Waals surface area contributed by atoms with Crippen LogP contribution in [0.15, 0.2) is 24.3 Å². The molecule has 0 saturated heterocycles. The monoisotopic (exact) mass is 313 g/mol. The Kier molecular flexibility index (Phi) is 6.36. The zero-order chi connectivity index (χ0) is 15.9. The Hall–Kier alpha value is -1.89. The third-order valence-electron chi connectivity index (χ3n) is 2.83. The second-order valence-electron chi connectivity index (χ2n) is 4.84. The molecule has 21 heavy (non-hydrogen) atoms. The van der Waals surface area contributed by atoms with Gasteiger partial charge >= 0.3 is 5.97 Å². The molecule has 0 aliphatic rings. The normalized spacial score (nSPS) is 11.1. The number of carboxylic acids is 1. The lowest BCUT2D eigenvalue weighted by atomic mass is 10.1. The SMILES string of the molecule is CS(=O)(=O)CCCC(=O)NCCc1cccc(C(=O)O)c1. The molecule has 1 rings (SSSR count). The molecule has 0 spiro atoms. The molecule has 0 aromatic heterocycles. The molecule has 1 amide bonds. The van der Waals surface area contributed by atoms with E-state index >= 15 is 0 Å². The summed E-state index contributed by atoms with van der Waals surface area (Å²) in [6, 6.07) is 6.53. The Morgan fingerprint density at radius 2 is 2.00 bits per heavy atom. The molecule has 7 heteroatoms. The Bertz CT molecular complexity index is 610. The predicted molar refractivity (Wildman–Crippen MR) is 79.1 cm³/mol. The van der Waals surface area contributed by atoms with Crippen molar-refractivity contribution >= 4 is 21.7 Å².